The van der Waals surface area contributed by atoms with Crippen molar-refractivity contribution in [1.29, 1.82) is 0 Å². The second-order valence-corrected chi connectivity index (χ2v) is 7.09. The average Bonchev–Trinajstić information content (AvgIpc) is 2.62. The Morgan fingerprint density at radius 2 is 2.00 bits per heavy atom. The highest BCUT2D eigenvalue weighted by Gasteiger charge is 2.38. The lowest BCUT2D eigenvalue weighted by molar-refractivity contribution is -0.150. The van der Waals surface area contributed by atoms with E-state index in [-0.39, 0.29) is 25.0 Å². The minimum Gasteiger partial charge on any atom is -0.479 e. The van der Waals surface area contributed by atoms with Crippen molar-refractivity contribution in [2.45, 2.75) is 25.3 Å². The molecule has 0 saturated carbocycles. The van der Waals surface area contributed by atoms with E-state index in [1.807, 2.05) is 0 Å². The van der Waals surface area contributed by atoms with Crippen molar-refractivity contribution in [3.8, 4) is 0 Å². The Morgan fingerprint density at radius 1 is 1.35 bits per heavy atom. The Bertz CT molecular complexity index is 679. The van der Waals surface area contributed by atoms with E-state index in [2.05, 4.69) is 5.32 Å². The van der Waals surface area contributed by atoms with Crippen LogP contribution in [0.4, 0.5) is 0 Å². The molecule has 1 aromatic rings. The first-order valence-corrected chi connectivity index (χ1v) is 8.74. The molecule has 8 heteroatoms. The van der Waals surface area contributed by atoms with Crippen molar-refractivity contribution in [2.24, 2.45) is 5.92 Å². The molecule has 142 valence electrons. The topological polar surface area (TPSA) is 95.9 Å². The number of carbonyl (C=O) groups is 3. The third-order valence-electron chi connectivity index (χ3n) is 4.47. The predicted octanol–water partition coefficient (Wildman–Crippen LogP) is 1.80. The van der Waals surface area contributed by atoms with Gasteiger partial charge in [0, 0.05) is 30.8 Å². The van der Waals surface area contributed by atoms with Crippen LogP contribution < -0.4 is 5.32 Å². The van der Waals surface area contributed by atoms with Crippen LogP contribution in [-0.4, -0.2) is 60.1 Å². The molecule has 7 nitrogen and oxygen atoms in total. The van der Waals surface area contributed by atoms with Gasteiger partial charge in [-0.3, -0.25) is 9.59 Å². The van der Waals surface area contributed by atoms with Gasteiger partial charge < -0.3 is 20.1 Å². The van der Waals surface area contributed by atoms with Crippen molar-refractivity contribution in [2.75, 3.05) is 26.8 Å². The van der Waals surface area contributed by atoms with Gasteiger partial charge in [0.15, 0.2) is 5.54 Å². The van der Waals surface area contributed by atoms with E-state index in [1.54, 1.807) is 29.2 Å². The molecule has 1 aliphatic rings. The van der Waals surface area contributed by atoms with Crippen molar-refractivity contribution >= 4 is 29.4 Å². The Labute approximate surface area is 157 Å². The molecular formula is C18H23ClN2O5. The molecule has 2 rings (SSSR count). The number of nitrogens with one attached hydrogen (secondary N) is 1. The average molecular weight is 383 g/mol. The largest absolute Gasteiger partial charge is 0.479 e. The number of hydrogen-bond donors (Lipinski definition) is 2. The van der Waals surface area contributed by atoms with Crippen molar-refractivity contribution < 1.29 is 24.2 Å². The molecular weight excluding hydrogens is 360 g/mol. The Kier molecular flexibility index (Phi) is 6.61. The number of likely N-dealkylation sites (tertiary alicyclic amines) is 1. The summed E-state index contributed by atoms with van der Waals surface area (Å²) in [6.45, 7) is 2.06. The molecule has 0 spiro atoms. The maximum Gasteiger partial charge on any atom is 0.331 e. The molecule has 2 unspecified atom stereocenters. The summed E-state index contributed by atoms with van der Waals surface area (Å²) in [4.78, 5) is 38.2. The maximum absolute atomic E-state index is 12.6. The molecule has 0 aromatic heterocycles. The van der Waals surface area contributed by atoms with Gasteiger partial charge >= 0.3 is 5.97 Å². The quantitative estimate of drug-likeness (QED) is 0.782. The summed E-state index contributed by atoms with van der Waals surface area (Å²) >= 11 is 5.84. The number of carboxylic acids is 1. The molecule has 26 heavy (non-hydrogen) atoms. The second-order valence-electron chi connectivity index (χ2n) is 6.66. The van der Waals surface area contributed by atoms with Gasteiger partial charge in [-0.05, 0) is 44.0 Å². The van der Waals surface area contributed by atoms with E-state index in [4.69, 9.17) is 16.3 Å². The number of benzene rings is 1. The van der Waals surface area contributed by atoms with E-state index in [9.17, 15) is 19.5 Å². The lowest BCUT2D eigenvalue weighted by Gasteiger charge is -2.34. The van der Waals surface area contributed by atoms with E-state index in [0.29, 0.717) is 30.0 Å². The Morgan fingerprint density at radius 3 is 2.58 bits per heavy atom. The van der Waals surface area contributed by atoms with Gasteiger partial charge in [-0.15, -0.1) is 0 Å². The predicted molar refractivity (Wildman–Crippen MR) is 96.1 cm³/mol. The number of nitrogens with zero attached hydrogens (tertiary/aromatic N) is 1. The summed E-state index contributed by atoms with van der Waals surface area (Å²) in [5.74, 6) is -2.19. The molecule has 2 atom stereocenters. The van der Waals surface area contributed by atoms with Gasteiger partial charge in [-0.25, -0.2) is 4.79 Å². The SMILES string of the molecule is COCC(C)(NC(=O)C1CCCN(C(=O)c2ccc(Cl)cc2)C1)C(=O)O. The molecule has 0 aliphatic carbocycles. The van der Waals surface area contributed by atoms with Gasteiger partial charge in [0.2, 0.25) is 5.91 Å². The first-order chi connectivity index (χ1) is 12.3. The molecule has 0 radical (unpaired) electrons. The lowest BCUT2D eigenvalue weighted by atomic mass is 9.94. The smallest absolute Gasteiger partial charge is 0.331 e. The van der Waals surface area contributed by atoms with Crippen molar-refractivity contribution in [3.63, 3.8) is 0 Å². The van der Waals surface area contributed by atoms with Crippen LogP contribution in [0.2, 0.25) is 5.02 Å². The maximum atomic E-state index is 12.6. The van der Waals surface area contributed by atoms with Crippen molar-refractivity contribution in [1.82, 2.24) is 10.2 Å². The van der Waals surface area contributed by atoms with E-state index in [1.165, 1.54) is 14.0 Å². The fourth-order valence-corrected chi connectivity index (χ4v) is 3.09. The third-order valence-corrected chi connectivity index (χ3v) is 4.73. The van der Waals surface area contributed by atoms with E-state index < -0.39 is 17.4 Å². The highest BCUT2D eigenvalue weighted by atomic mass is 35.5. The number of aliphatic carboxylic acids is 1. The number of halogens is 1. The second kappa shape index (κ2) is 8.51. The summed E-state index contributed by atoms with van der Waals surface area (Å²) in [6.07, 6.45) is 1.27. The molecule has 1 saturated heterocycles. The van der Waals surface area contributed by atoms with Gasteiger partial charge in [0.25, 0.3) is 5.91 Å². The monoisotopic (exact) mass is 382 g/mol. The number of rotatable bonds is 6. The third kappa shape index (κ3) is 4.74. The van der Waals surface area contributed by atoms with Crippen LogP contribution in [0.25, 0.3) is 0 Å². The number of methoxy groups -OCH3 is 1. The Hall–Kier alpha value is -2.12. The van der Waals surface area contributed by atoms with E-state index >= 15 is 0 Å². The highest BCUT2D eigenvalue weighted by Crippen LogP contribution is 2.21. The minimum absolute atomic E-state index is 0.145. The summed E-state index contributed by atoms with van der Waals surface area (Å²) in [5.41, 5.74) is -1.00. The van der Waals surface area contributed by atoms with Crippen LogP contribution in [0.5, 0.6) is 0 Å². The molecule has 1 heterocycles. The number of amides is 2. The number of ether oxygens (including phenoxy) is 1. The van der Waals surface area contributed by atoms with Crippen LogP contribution >= 0.6 is 11.6 Å². The fourth-order valence-electron chi connectivity index (χ4n) is 2.96. The van der Waals surface area contributed by atoms with Crippen LogP contribution in [0.15, 0.2) is 24.3 Å². The summed E-state index contributed by atoms with van der Waals surface area (Å²) in [7, 11) is 1.38. The van der Waals surface area contributed by atoms with Gasteiger partial charge in [0.1, 0.15) is 0 Å². The van der Waals surface area contributed by atoms with Crippen molar-refractivity contribution in [3.05, 3.63) is 34.9 Å². The number of hydrogen-bond acceptors (Lipinski definition) is 4. The normalized spacial score (nSPS) is 19.5. The molecule has 1 aromatic carbocycles. The zero-order chi connectivity index (χ0) is 19.3. The van der Waals surface area contributed by atoms with Gasteiger partial charge in [0.05, 0.1) is 12.5 Å². The molecule has 1 fully saturated rings. The summed E-state index contributed by atoms with van der Waals surface area (Å²) < 4.78 is 4.91. The molecule has 0 bridgehead atoms. The van der Waals surface area contributed by atoms with Crippen LogP contribution in [-0.2, 0) is 14.3 Å². The molecule has 2 N–H and O–H groups in total. The number of carbonyl (C=O) groups excluding carboxylic acids is 2. The van der Waals surface area contributed by atoms with Gasteiger partial charge in [-0.2, -0.15) is 0 Å². The van der Waals surface area contributed by atoms with Crippen LogP contribution in [0, 0.1) is 5.92 Å². The number of piperidine rings is 1. The summed E-state index contributed by atoms with van der Waals surface area (Å²) in [5, 5.41) is 12.4. The minimum atomic E-state index is -1.51. The highest BCUT2D eigenvalue weighted by molar-refractivity contribution is 6.30. The fraction of sp³-hybridized carbons (Fsp3) is 0.500. The van der Waals surface area contributed by atoms with E-state index in [0.717, 1.165) is 0 Å². The van der Waals surface area contributed by atoms with Crippen LogP contribution in [0.3, 0.4) is 0 Å². The van der Waals surface area contributed by atoms with Gasteiger partial charge in [-0.1, -0.05) is 11.6 Å². The first kappa shape index (κ1) is 20.2. The zero-order valence-electron chi connectivity index (χ0n) is 14.8. The number of carboxylic acid groups (broad SMARTS) is 1. The lowest BCUT2D eigenvalue weighted by Crippen LogP contribution is -2.58. The molecule has 1 aliphatic heterocycles. The van der Waals surface area contributed by atoms with Crippen LogP contribution in [0.1, 0.15) is 30.1 Å². The first-order valence-electron chi connectivity index (χ1n) is 8.36. The standard InChI is InChI=1S/C18H23ClN2O5/c1-18(11-26-2,17(24)25)20-15(22)13-4-3-9-21(10-13)16(23)12-5-7-14(19)8-6-12/h5-8,13H,3-4,9-11H2,1-2H3,(H,20,22)(H,24,25). The molecule has 2 amide bonds. The summed E-state index contributed by atoms with van der Waals surface area (Å²) in [6, 6.07) is 6.58. The Balaban J connectivity index is 2.05. The zero-order valence-corrected chi connectivity index (χ0v) is 15.6.